The van der Waals surface area contributed by atoms with Crippen molar-refractivity contribution >= 4 is 0 Å². The first kappa shape index (κ1) is 11.9. The average Bonchev–Trinajstić information content (AvgIpc) is 2.18. The number of benzene rings is 1. The molecule has 1 atom stereocenters. The van der Waals surface area contributed by atoms with Crippen LogP contribution in [0.3, 0.4) is 0 Å². The van der Waals surface area contributed by atoms with E-state index in [2.05, 4.69) is 0 Å². The minimum Gasteiger partial charge on any atom is -0.493 e. The molecule has 4 heteroatoms. The summed E-state index contributed by atoms with van der Waals surface area (Å²) in [6.45, 7) is 2.23. The number of hydrogen-bond donors (Lipinski definition) is 2. The van der Waals surface area contributed by atoms with E-state index in [1.807, 2.05) is 6.92 Å². The van der Waals surface area contributed by atoms with Crippen LogP contribution in [0.1, 0.15) is 24.9 Å². The first-order valence-corrected chi connectivity index (χ1v) is 4.94. The zero-order valence-corrected chi connectivity index (χ0v) is 8.74. The van der Waals surface area contributed by atoms with E-state index in [1.165, 1.54) is 12.1 Å². The van der Waals surface area contributed by atoms with E-state index in [0.717, 1.165) is 5.56 Å². The highest BCUT2D eigenvalue weighted by Crippen LogP contribution is 2.24. The maximum absolute atomic E-state index is 12.9. The molecule has 1 aromatic rings. The molecule has 0 saturated heterocycles. The van der Waals surface area contributed by atoms with Crippen molar-refractivity contribution in [2.24, 2.45) is 5.73 Å². The summed E-state index contributed by atoms with van der Waals surface area (Å²) in [6, 6.07) is 4.09. The lowest BCUT2D eigenvalue weighted by Crippen LogP contribution is -2.09. The molecule has 3 N–H and O–H groups in total. The molecular formula is C11H16FNO2. The van der Waals surface area contributed by atoms with Gasteiger partial charge in [-0.25, -0.2) is 4.39 Å². The predicted octanol–water partition coefficient (Wildman–Crippen LogP) is 1.61. The Bertz CT molecular complexity index is 315. The monoisotopic (exact) mass is 213 g/mol. The topological polar surface area (TPSA) is 55.5 Å². The molecule has 0 aliphatic rings. The van der Waals surface area contributed by atoms with Gasteiger partial charge in [-0.15, -0.1) is 0 Å². The van der Waals surface area contributed by atoms with Crippen LogP contribution in [0.5, 0.6) is 5.75 Å². The molecule has 15 heavy (non-hydrogen) atoms. The van der Waals surface area contributed by atoms with E-state index < -0.39 is 0 Å². The van der Waals surface area contributed by atoms with Gasteiger partial charge in [0.25, 0.3) is 0 Å². The highest BCUT2D eigenvalue weighted by Gasteiger charge is 2.08. The molecular weight excluding hydrogens is 197 g/mol. The molecule has 3 nitrogen and oxygen atoms in total. The lowest BCUT2D eigenvalue weighted by molar-refractivity contribution is 0.231. The molecule has 1 rings (SSSR count). The molecule has 0 amide bonds. The quantitative estimate of drug-likeness (QED) is 0.730. The largest absolute Gasteiger partial charge is 0.493 e. The van der Waals surface area contributed by atoms with Crippen LogP contribution in [0.2, 0.25) is 0 Å². The molecule has 0 aliphatic heterocycles. The molecule has 84 valence electrons. The van der Waals surface area contributed by atoms with Gasteiger partial charge in [0.1, 0.15) is 11.6 Å². The maximum Gasteiger partial charge on any atom is 0.126 e. The van der Waals surface area contributed by atoms with E-state index >= 15 is 0 Å². The minimum atomic E-state index is -0.349. The summed E-state index contributed by atoms with van der Waals surface area (Å²) in [5.41, 5.74) is 6.49. The van der Waals surface area contributed by atoms with Crippen LogP contribution in [0.15, 0.2) is 18.2 Å². The van der Waals surface area contributed by atoms with Crippen molar-refractivity contribution in [1.29, 1.82) is 0 Å². The SMILES string of the molecule is C[C@@H](N)c1ccc(F)cc1OCCCO. The third-order valence-corrected chi connectivity index (χ3v) is 2.03. The Labute approximate surface area is 88.7 Å². The first-order valence-electron chi connectivity index (χ1n) is 4.94. The van der Waals surface area contributed by atoms with Gasteiger partial charge in [0.15, 0.2) is 0 Å². The molecule has 1 aromatic carbocycles. The Morgan fingerprint density at radius 2 is 2.27 bits per heavy atom. The highest BCUT2D eigenvalue weighted by atomic mass is 19.1. The summed E-state index contributed by atoms with van der Waals surface area (Å²) >= 11 is 0. The van der Waals surface area contributed by atoms with Crippen molar-refractivity contribution in [1.82, 2.24) is 0 Å². The second kappa shape index (κ2) is 5.68. The zero-order chi connectivity index (χ0) is 11.3. The van der Waals surface area contributed by atoms with Crippen LogP contribution in [0, 0.1) is 5.82 Å². The van der Waals surface area contributed by atoms with Crippen LogP contribution in [0.4, 0.5) is 4.39 Å². The minimum absolute atomic E-state index is 0.0584. The molecule has 0 saturated carbocycles. The van der Waals surface area contributed by atoms with Gasteiger partial charge in [0.05, 0.1) is 6.61 Å². The van der Waals surface area contributed by atoms with Crippen molar-refractivity contribution < 1.29 is 14.2 Å². The number of nitrogens with two attached hydrogens (primary N) is 1. The summed E-state index contributed by atoms with van der Waals surface area (Å²) in [4.78, 5) is 0. The number of aliphatic hydroxyl groups excluding tert-OH is 1. The van der Waals surface area contributed by atoms with Crippen LogP contribution in [-0.4, -0.2) is 18.3 Å². The fourth-order valence-electron chi connectivity index (χ4n) is 1.26. The van der Waals surface area contributed by atoms with E-state index in [1.54, 1.807) is 6.07 Å². The first-order chi connectivity index (χ1) is 7.15. The van der Waals surface area contributed by atoms with Crippen molar-refractivity contribution in [3.05, 3.63) is 29.6 Å². The summed E-state index contributed by atoms with van der Waals surface area (Å²) in [5.74, 6) is 0.108. The van der Waals surface area contributed by atoms with Gasteiger partial charge in [0, 0.05) is 30.7 Å². The molecule has 0 heterocycles. The number of rotatable bonds is 5. The van der Waals surface area contributed by atoms with Gasteiger partial charge in [-0.3, -0.25) is 0 Å². The fourth-order valence-corrected chi connectivity index (χ4v) is 1.26. The lowest BCUT2D eigenvalue weighted by Gasteiger charge is -2.13. The molecule has 0 fully saturated rings. The Morgan fingerprint density at radius 1 is 1.53 bits per heavy atom. The molecule has 0 bridgehead atoms. The normalized spacial score (nSPS) is 12.5. The molecule has 0 spiro atoms. The van der Waals surface area contributed by atoms with Crippen molar-refractivity contribution in [3.8, 4) is 5.75 Å². The molecule has 0 radical (unpaired) electrons. The molecule has 0 aromatic heterocycles. The van der Waals surface area contributed by atoms with Crippen LogP contribution >= 0.6 is 0 Å². The predicted molar refractivity (Wildman–Crippen MR) is 56.2 cm³/mol. The second-order valence-electron chi connectivity index (χ2n) is 3.40. The van der Waals surface area contributed by atoms with Gasteiger partial charge >= 0.3 is 0 Å². The Kier molecular flexibility index (Phi) is 4.52. The summed E-state index contributed by atoms with van der Waals surface area (Å²) in [5, 5.41) is 8.60. The average molecular weight is 213 g/mol. The van der Waals surface area contributed by atoms with E-state index in [-0.39, 0.29) is 18.5 Å². The Hall–Kier alpha value is -1.13. The van der Waals surface area contributed by atoms with Gasteiger partial charge in [0.2, 0.25) is 0 Å². The third-order valence-electron chi connectivity index (χ3n) is 2.03. The third kappa shape index (κ3) is 3.49. The number of hydrogen-bond acceptors (Lipinski definition) is 3. The van der Waals surface area contributed by atoms with Crippen molar-refractivity contribution in [2.45, 2.75) is 19.4 Å². The van der Waals surface area contributed by atoms with E-state index in [9.17, 15) is 4.39 Å². The fraction of sp³-hybridized carbons (Fsp3) is 0.455. The van der Waals surface area contributed by atoms with Crippen LogP contribution < -0.4 is 10.5 Å². The lowest BCUT2D eigenvalue weighted by atomic mass is 10.1. The van der Waals surface area contributed by atoms with Crippen molar-refractivity contribution in [2.75, 3.05) is 13.2 Å². The van der Waals surface area contributed by atoms with Crippen molar-refractivity contribution in [3.63, 3.8) is 0 Å². The molecule has 0 unspecified atom stereocenters. The van der Waals surface area contributed by atoms with Gasteiger partial charge in [-0.2, -0.15) is 0 Å². The highest BCUT2D eigenvalue weighted by molar-refractivity contribution is 5.36. The molecule has 0 aliphatic carbocycles. The van der Waals surface area contributed by atoms with Crippen LogP contribution in [-0.2, 0) is 0 Å². The zero-order valence-electron chi connectivity index (χ0n) is 8.74. The maximum atomic E-state index is 12.9. The van der Waals surface area contributed by atoms with E-state index in [4.69, 9.17) is 15.6 Å². The van der Waals surface area contributed by atoms with Gasteiger partial charge in [-0.1, -0.05) is 6.07 Å². The van der Waals surface area contributed by atoms with Gasteiger partial charge < -0.3 is 15.6 Å². The van der Waals surface area contributed by atoms with Crippen LogP contribution in [0.25, 0.3) is 0 Å². The Balaban J connectivity index is 2.77. The van der Waals surface area contributed by atoms with E-state index in [0.29, 0.717) is 18.8 Å². The Morgan fingerprint density at radius 3 is 2.87 bits per heavy atom. The number of ether oxygens (including phenoxy) is 1. The summed E-state index contributed by atoms with van der Waals surface area (Å²) in [6.07, 6.45) is 0.523. The standard InChI is InChI=1S/C11H16FNO2/c1-8(13)10-4-3-9(12)7-11(10)15-6-2-5-14/h3-4,7-8,14H,2,5-6,13H2,1H3/t8-/m1/s1. The van der Waals surface area contributed by atoms with Gasteiger partial charge in [-0.05, 0) is 13.0 Å². The number of halogens is 1. The number of aliphatic hydroxyl groups is 1. The summed E-state index contributed by atoms with van der Waals surface area (Å²) in [7, 11) is 0. The second-order valence-corrected chi connectivity index (χ2v) is 3.40. The summed E-state index contributed by atoms with van der Waals surface area (Å²) < 4.78 is 18.3. The smallest absolute Gasteiger partial charge is 0.126 e.